The van der Waals surface area contributed by atoms with Crippen LogP contribution in [0.5, 0.6) is 0 Å². The number of hydrogen-bond acceptors (Lipinski definition) is 2. The Hall–Kier alpha value is -1.06. The highest BCUT2D eigenvalue weighted by molar-refractivity contribution is 5.83. The molecule has 3 N–H and O–H groups in total. The molecule has 0 radical (unpaired) electrons. The van der Waals surface area contributed by atoms with Crippen molar-refractivity contribution in [3.63, 3.8) is 0 Å². The molecule has 4 nitrogen and oxygen atoms in total. The van der Waals surface area contributed by atoms with Crippen LogP contribution < -0.4 is 11.1 Å². The van der Waals surface area contributed by atoms with Crippen molar-refractivity contribution in [3.05, 3.63) is 0 Å². The molecular weight excluding hydrogens is 240 g/mol. The number of primary amides is 1. The molecule has 0 spiro atoms. The van der Waals surface area contributed by atoms with Crippen LogP contribution in [0.1, 0.15) is 78.6 Å². The third-order valence-corrected chi connectivity index (χ3v) is 2.47. The van der Waals surface area contributed by atoms with Crippen LogP contribution in [0.3, 0.4) is 0 Å². The predicted octanol–water partition coefficient (Wildman–Crippen LogP) is 3.14. The van der Waals surface area contributed by atoms with Crippen LogP contribution in [0.15, 0.2) is 0 Å². The highest BCUT2D eigenvalue weighted by atomic mass is 16.2. The number of unbranched alkanes of at least 4 members (excludes halogenated alkanes) is 6. The zero-order valence-electron chi connectivity index (χ0n) is 13.0. The normalized spacial score (nSPS) is 9.42. The summed E-state index contributed by atoms with van der Waals surface area (Å²) in [6.45, 7) is 6.40. The maximum atomic E-state index is 11.2. The fourth-order valence-corrected chi connectivity index (χ4v) is 1.52. The molecule has 0 atom stereocenters. The van der Waals surface area contributed by atoms with E-state index in [9.17, 15) is 9.59 Å². The number of carbonyl (C=O) groups is 2. The van der Waals surface area contributed by atoms with Crippen molar-refractivity contribution in [1.29, 1.82) is 0 Å². The lowest BCUT2D eigenvalue weighted by Gasteiger charge is -2.02. The SMILES string of the molecule is CCC.CCCCCCCCCC(=O)NCC(N)=O. The third-order valence-electron chi connectivity index (χ3n) is 2.47. The van der Waals surface area contributed by atoms with Gasteiger partial charge in [-0.25, -0.2) is 0 Å². The standard InChI is InChI=1S/C12H24N2O2.C3H8/c1-2-3-4-5-6-7-8-9-12(16)14-10-11(13)15;1-3-2/h2-10H2,1H3,(H2,13,15)(H,14,16);3H2,1-2H3. The van der Waals surface area contributed by atoms with Crippen molar-refractivity contribution < 1.29 is 9.59 Å². The summed E-state index contributed by atoms with van der Waals surface area (Å²) < 4.78 is 0. The van der Waals surface area contributed by atoms with E-state index >= 15 is 0 Å². The summed E-state index contributed by atoms with van der Waals surface area (Å²) >= 11 is 0. The topological polar surface area (TPSA) is 72.2 Å². The van der Waals surface area contributed by atoms with Gasteiger partial charge in [-0.15, -0.1) is 0 Å². The molecule has 0 saturated heterocycles. The second-order valence-electron chi connectivity index (χ2n) is 4.82. The molecule has 0 aliphatic carbocycles. The van der Waals surface area contributed by atoms with Gasteiger partial charge in [0.1, 0.15) is 0 Å². The van der Waals surface area contributed by atoms with Crippen molar-refractivity contribution in [2.75, 3.05) is 6.54 Å². The first kappa shape index (κ1) is 20.3. The van der Waals surface area contributed by atoms with Crippen LogP contribution in [0.4, 0.5) is 0 Å². The molecule has 2 amide bonds. The van der Waals surface area contributed by atoms with Crippen molar-refractivity contribution in [2.45, 2.75) is 78.6 Å². The largest absolute Gasteiger partial charge is 0.368 e. The molecule has 0 aromatic carbocycles. The summed E-state index contributed by atoms with van der Waals surface area (Å²) in [7, 11) is 0. The fourth-order valence-electron chi connectivity index (χ4n) is 1.52. The minimum absolute atomic E-state index is 0.0463. The van der Waals surface area contributed by atoms with Gasteiger partial charge in [0.05, 0.1) is 6.54 Å². The molecule has 4 heteroatoms. The molecule has 0 unspecified atom stereocenters. The van der Waals surface area contributed by atoms with Crippen molar-refractivity contribution in [3.8, 4) is 0 Å². The Morgan fingerprint density at radius 3 is 1.84 bits per heavy atom. The van der Waals surface area contributed by atoms with Gasteiger partial charge >= 0.3 is 0 Å². The smallest absolute Gasteiger partial charge is 0.236 e. The van der Waals surface area contributed by atoms with E-state index in [2.05, 4.69) is 26.1 Å². The zero-order valence-corrected chi connectivity index (χ0v) is 13.0. The minimum Gasteiger partial charge on any atom is -0.368 e. The van der Waals surface area contributed by atoms with Gasteiger partial charge in [0.25, 0.3) is 0 Å². The fraction of sp³-hybridized carbons (Fsp3) is 0.867. The Morgan fingerprint density at radius 2 is 1.37 bits per heavy atom. The van der Waals surface area contributed by atoms with Crippen molar-refractivity contribution in [2.24, 2.45) is 5.73 Å². The molecule has 0 heterocycles. The first-order valence-electron chi connectivity index (χ1n) is 7.63. The molecule has 0 aliphatic heterocycles. The molecular formula is C15H32N2O2. The van der Waals surface area contributed by atoms with E-state index in [1.54, 1.807) is 0 Å². The maximum Gasteiger partial charge on any atom is 0.236 e. The van der Waals surface area contributed by atoms with Gasteiger partial charge in [0.2, 0.25) is 11.8 Å². The Balaban J connectivity index is 0. The quantitative estimate of drug-likeness (QED) is 0.600. The summed E-state index contributed by atoms with van der Waals surface area (Å²) in [5.74, 6) is -0.569. The van der Waals surface area contributed by atoms with Gasteiger partial charge in [-0.1, -0.05) is 65.7 Å². The number of rotatable bonds is 10. The van der Waals surface area contributed by atoms with Crippen LogP contribution in [-0.2, 0) is 9.59 Å². The Morgan fingerprint density at radius 1 is 0.895 bits per heavy atom. The Bertz CT molecular complexity index is 218. The summed E-state index contributed by atoms with van der Waals surface area (Å²) in [5.41, 5.74) is 4.91. The molecule has 0 aliphatic rings. The first-order chi connectivity index (χ1) is 9.08. The third kappa shape index (κ3) is 22.6. The number of hydrogen-bond donors (Lipinski definition) is 2. The van der Waals surface area contributed by atoms with E-state index in [0.29, 0.717) is 6.42 Å². The number of amides is 2. The van der Waals surface area contributed by atoms with Gasteiger partial charge in [0.15, 0.2) is 0 Å². The highest BCUT2D eigenvalue weighted by Crippen LogP contribution is 2.08. The van der Waals surface area contributed by atoms with Gasteiger partial charge < -0.3 is 11.1 Å². The molecule has 19 heavy (non-hydrogen) atoms. The minimum atomic E-state index is -0.493. The number of carbonyl (C=O) groups excluding carboxylic acids is 2. The van der Waals surface area contributed by atoms with Crippen LogP contribution in [0.25, 0.3) is 0 Å². The van der Waals surface area contributed by atoms with Crippen molar-refractivity contribution >= 4 is 11.8 Å². The molecule has 0 bridgehead atoms. The van der Waals surface area contributed by atoms with Crippen LogP contribution in [0, 0.1) is 0 Å². The molecule has 0 saturated carbocycles. The average molecular weight is 272 g/mol. The van der Waals surface area contributed by atoms with E-state index in [0.717, 1.165) is 12.8 Å². The van der Waals surface area contributed by atoms with Gasteiger partial charge in [-0.3, -0.25) is 9.59 Å². The lowest BCUT2D eigenvalue weighted by Crippen LogP contribution is -2.33. The molecule has 0 aromatic heterocycles. The molecule has 0 aromatic rings. The first-order valence-corrected chi connectivity index (χ1v) is 7.63. The molecule has 0 fully saturated rings. The monoisotopic (exact) mass is 272 g/mol. The van der Waals surface area contributed by atoms with E-state index < -0.39 is 5.91 Å². The summed E-state index contributed by atoms with van der Waals surface area (Å²) in [4.78, 5) is 21.6. The number of nitrogens with two attached hydrogens (primary N) is 1. The lowest BCUT2D eigenvalue weighted by molar-refractivity contribution is -0.124. The Labute approximate surface area is 118 Å². The molecule has 0 rings (SSSR count). The van der Waals surface area contributed by atoms with Crippen LogP contribution >= 0.6 is 0 Å². The van der Waals surface area contributed by atoms with Crippen LogP contribution in [-0.4, -0.2) is 18.4 Å². The number of nitrogens with one attached hydrogen (secondary N) is 1. The zero-order chi connectivity index (χ0) is 14.9. The van der Waals surface area contributed by atoms with Crippen LogP contribution in [0.2, 0.25) is 0 Å². The lowest BCUT2D eigenvalue weighted by atomic mass is 10.1. The summed E-state index contributed by atoms with van der Waals surface area (Å²) in [6.07, 6.45) is 10.1. The van der Waals surface area contributed by atoms with Gasteiger partial charge in [-0.05, 0) is 6.42 Å². The second kappa shape index (κ2) is 16.9. The van der Waals surface area contributed by atoms with Gasteiger partial charge in [0, 0.05) is 6.42 Å². The summed E-state index contributed by atoms with van der Waals surface area (Å²) in [6, 6.07) is 0. The highest BCUT2D eigenvalue weighted by Gasteiger charge is 2.01. The Kier molecular flexibility index (Phi) is 18.1. The van der Waals surface area contributed by atoms with E-state index in [-0.39, 0.29) is 12.5 Å². The maximum absolute atomic E-state index is 11.2. The van der Waals surface area contributed by atoms with E-state index in [1.807, 2.05) is 0 Å². The van der Waals surface area contributed by atoms with E-state index in [1.165, 1.54) is 38.5 Å². The van der Waals surface area contributed by atoms with E-state index in [4.69, 9.17) is 5.73 Å². The molecule has 114 valence electrons. The summed E-state index contributed by atoms with van der Waals surface area (Å²) in [5, 5.41) is 2.48. The average Bonchev–Trinajstić information content (AvgIpc) is 2.36. The second-order valence-corrected chi connectivity index (χ2v) is 4.82. The van der Waals surface area contributed by atoms with Crippen molar-refractivity contribution in [1.82, 2.24) is 5.32 Å². The van der Waals surface area contributed by atoms with Gasteiger partial charge in [-0.2, -0.15) is 0 Å². The predicted molar refractivity (Wildman–Crippen MR) is 80.8 cm³/mol.